The molecule has 1 aromatic carbocycles. The van der Waals surface area contributed by atoms with Crippen LogP contribution in [0, 0.1) is 6.92 Å². The van der Waals surface area contributed by atoms with E-state index in [4.69, 9.17) is 9.84 Å². The molecule has 0 aliphatic rings. The first-order valence-electron chi connectivity index (χ1n) is 5.95. The van der Waals surface area contributed by atoms with Crippen molar-refractivity contribution in [3.63, 3.8) is 0 Å². The van der Waals surface area contributed by atoms with Gasteiger partial charge >= 0.3 is 0 Å². The number of hydrogen-bond acceptors (Lipinski definition) is 4. The molecule has 0 unspecified atom stereocenters. The molecule has 0 radical (unpaired) electrons. The molecule has 1 heterocycles. The minimum Gasteiger partial charge on any atom is -0.496 e. The third kappa shape index (κ3) is 3.00. The molecule has 0 bridgehead atoms. The Morgan fingerprint density at radius 2 is 2.11 bits per heavy atom. The predicted molar refractivity (Wildman–Crippen MR) is 71.3 cm³/mol. The average molecular weight is 260 g/mol. The quantitative estimate of drug-likeness (QED) is 0.894. The number of rotatable bonds is 4. The second kappa shape index (κ2) is 5.67. The van der Waals surface area contributed by atoms with E-state index in [2.05, 4.69) is 5.10 Å². The SMILES string of the molecule is COc1ccc(CO)cc1Cn1nc(C)ccc1=O. The van der Waals surface area contributed by atoms with E-state index in [0.717, 1.165) is 16.8 Å². The van der Waals surface area contributed by atoms with Crippen molar-refractivity contribution in [2.24, 2.45) is 0 Å². The van der Waals surface area contributed by atoms with Gasteiger partial charge in [0.1, 0.15) is 5.75 Å². The van der Waals surface area contributed by atoms with Gasteiger partial charge in [0.25, 0.3) is 5.56 Å². The Bertz CT molecular complexity index is 635. The molecule has 0 fully saturated rings. The number of aliphatic hydroxyl groups is 1. The minimum absolute atomic E-state index is 0.0485. The van der Waals surface area contributed by atoms with Crippen molar-refractivity contribution >= 4 is 0 Å². The lowest BCUT2D eigenvalue weighted by molar-refractivity contribution is 0.281. The number of aromatic nitrogens is 2. The Balaban J connectivity index is 2.41. The average Bonchev–Trinajstić information content (AvgIpc) is 2.42. The van der Waals surface area contributed by atoms with Gasteiger partial charge in [0.15, 0.2) is 0 Å². The van der Waals surface area contributed by atoms with E-state index in [0.29, 0.717) is 12.3 Å². The Hall–Kier alpha value is -2.14. The van der Waals surface area contributed by atoms with Crippen LogP contribution in [0.3, 0.4) is 0 Å². The molecule has 0 amide bonds. The molecule has 0 saturated heterocycles. The third-order valence-electron chi connectivity index (χ3n) is 2.85. The van der Waals surface area contributed by atoms with Gasteiger partial charge in [-0.25, -0.2) is 4.68 Å². The molecule has 1 N–H and O–H groups in total. The Morgan fingerprint density at radius 1 is 1.32 bits per heavy atom. The van der Waals surface area contributed by atoms with Crippen LogP contribution in [0.1, 0.15) is 16.8 Å². The van der Waals surface area contributed by atoms with Crippen LogP contribution in [0.15, 0.2) is 35.1 Å². The van der Waals surface area contributed by atoms with E-state index in [1.54, 1.807) is 25.3 Å². The molecule has 0 aliphatic carbocycles. The second-order valence-corrected chi connectivity index (χ2v) is 4.27. The predicted octanol–water partition coefficient (Wildman–Crippen LogP) is 1.10. The number of methoxy groups -OCH3 is 1. The van der Waals surface area contributed by atoms with Crippen molar-refractivity contribution in [1.82, 2.24) is 9.78 Å². The molecular formula is C14H16N2O3. The van der Waals surface area contributed by atoms with Gasteiger partial charge in [0.05, 0.1) is 26.0 Å². The Labute approximate surface area is 111 Å². The van der Waals surface area contributed by atoms with Gasteiger partial charge in [-0.2, -0.15) is 5.10 Å². The maximum absolute atomic E-state index is 11.7. The van der Waals surface area contributed by atoms with E-state index in [1.165, 1.54) is 10.7 Å². The summed E-state index contributed by atoms with van der Waals surface area (Å²) in [4.78, 5) is 11.7. The Kier molecular flexibility index (Phi) is 3.97. The molecule has 2 aromatic rings. The highest BCUT2D eigenvalue weighted by molar-refractivity contribution is 5.37. The lowest BCUT2D eigenvalue weighted by atomic mass is 10.1. The maximum atomic E-state index is 11.7. The summed E-state index contributed by atoms with van der Waals surface area (Å²) < 4.78 is 6.65. The van der Waals surface area contributed by atoms with Gasteiger partial charge in [-0.3, -0.25) is 4.79 Å². The summed E-state index contributed by atoms with van der Waals surface area (Å²) in [5.41, 5.74) is 2.20. The van der Waals surface area contributed by atoms with Crippen LogP contribution < -0.4 is 10.3 Å². The fourth-order valence-electron chi connectivity index (χ4n) is 1.88. The smallest absolute Gasteiger partial charge is 0.267 e. The minimum atomic E-state index is -0.165. The number of aryl methyl sites for hydroxylation is 1. The van der Waals surface area contributed by atoms with Crippen LogP contribution in [-0.4, -0.2) is 22.0 Å². The zero-order valence-corrected chi connectivity index (χ0v) is 11.0. The number of nitrogens with zero attached hydrogens (tertiary/aromatic N) is 2. The van der Waals surface area contributed by atoms with Crippen molar-refractivity contribution in [1.29, 1.82) is 0 Å². The maximum Gasteiger partial charge on any atom is 0.267 e. The van der Waals surface area contributed by atoms with Gasteiger partial charge < -0.3 is 9.84 Å². The molecule has 0 saturated carbocycles. The summed E-state index contributed by atoms with van der Waals surface area (Å²) in [6, 6.07) is 8.55. The molecular weight excluding hydrogens is 244 g/mol. The molecule has 2 rings (SSSR count). The van der Waals surface area contributed by atoms with Crippen molar-refractivity contribution in [2.45, 2.75) is 20.1 Å². The van der Waals surface area contributed by atoms with E-state index in [9.17, 15) is 4.79 Å². The zero-order chi connectivity index (χ0) is 13.8. The summed E-state index contributed by atoms with van der Waals surface area (Å²) in [5.74, 6) is 0.674. The molecule has 1 aromatic heterocycles. The van der Waals surface area contributed by atoms with E-state index < -0.39 is 0 Å². The molecule has 19 heavy (non-hydrogen) atoms. The summed E-state index contributed by atoms with van der Waals surface area (Å²) >= 11 is 0. The lowest BCUT2D eigenvalue weighted by Crippen LogP contribution is -2.23. The van der Waals surface area contributed by atoms with Crippen molar-refractivity contribution in [3.8, 4) is 5.75 Å². The number of aliphatic hydroxyl groups excluding tert-OH is 1. The molecule has 0 atom stereocenters. The van der Waals surface area contributed by atoms with Crippen molar-refractivity contribution in [2.75, 3.05) is 7.11 Å². The van der Waals surface area contributed by atoms with Crippen LogP contribution in [0.4, 0.5) is 0 Å². The highest BCUT2D eigenvalue weighted by atomic mass is 16.5. The first kappa shape index (κ1) is 13.3. The van der Waals surface area contributed by atoms with Crippen LogP contribution in [-0.2, 0) is 13.2 Å². The zero-order valence-electron chi connectivity index (χ0n) is 11.0. The number of ether oxygens (including phenoxy) is 1. The molecule has 5 heteroatoms. The van der Waals surface area contributed by atoms with Crippen molar-refractivity contribution in [3.05, 3.63) is 57.5 Å². The highest BCUT2D eigenvalue weighted by Crippen LogP contribution is 2.20. The summed E-state index contributed by atoms with van der Waals surface area (Å²) in [6.45, 7) is 2.10. The third-order valence-corrected chi connectivity index (χ3v) is 2.85. The summed E-state index contributed by atoms with van der Waals surface area (Å²) in [7, 11) is 1.57. The summed E-state index contributed by atoms with van der Waals surface area (Å²) in [5, 5.41) is 13.4. The molecule has 100 valence electrons. The van der Waals surface area contributed by atoms with Crippen LogP contribution in [0.25, 0.3) is 0 Å². The van der Waals surface area contributed by atoms with E-state index >= 15 is 0 Å². The second-order valence-electron chi connectivity index (χ2n) is 4.27. The fourth-order valence-corrected chi connectivity index (χ4v) is 1.88. The van der Waals surface area contributed by atoms with Crippen molar-refractivity contribution < 1.29 is 9.84 Å². The lowest BCUT2D eigenvalue weighted by Gasteiger charge is -2.11. The van der Waals surface area contributed by atoms with Gasteiger partial charge in [-0.15, -0.1) is 0 Å². The molecule has 0 spiro atoms. The topological polar surface area (TPSA) is 64.3 Å². The molecule has 0 aliphatic heterocycles. The number of hydrogen-bond donors (Lipinski definition) is 1. The largest absolute Gasteiger partial charge is 0.496 e. The van der Waals surface area contributed by atoms with Gasteiger partial charge in [-0.05, 0) is 30.7 Å². The fraction of sp³-hybridized carbons (Fsp3) is 0.286. The Morgan fingerprint density at radius 3 is 2.79 bits per heavy atom. The van der Waals surface area contributed by atoms with Crippen LogP contribution in [0.2, 0.25) is 0 Å². The number of benzene rings is 1. The van der Waals surface area contributed by atoms with Gasteiger partial charge in [-0.1, -0.05) is 6.07 Å². The van der Waals surface area contributed by atoms with Crippen LogP contribution in [0.5, 0.6) is 5.75 Å². The van der Waals surface area contributed by atoms with E-state index in [1.807, 2.05) is 13.0 Å². The monoisotopic (exact) mass is 260 g/mol. The van der Waals surface area contributed by atoms with E-state index in [-0.39, 0.29) is 12.2 Å². The standard InChI is InChI=1S/C14H16N2O3/c1-10-3-6-14(18)16(15-10)8-12-7-11(9-17)4-5-13(12)19-2/h3-7,17H,8-9H2,1-2H3. The van der Waals surface area contributed by atoms with Gasteiger partial charge in [0.2, 0.25) is 0 Å². The normalized spacial score (nSPS) is 10.5. The summed E-state index contributed by atoms with van der Waals surface area (Å²) in [6.07, 6.45) is 0. The first-order chi connectivity index (χ1) is 9.13. The molecule has 5 nitrogen and oxygen atoms in total. The van der Waals surface area contributed by atoms with Gasteiger partial charge in [0, 0.05) is 11.6 Å². The highest BCUT2D eigenvalue weighted by Gasteiger charge is 2.07. The van der Waals surface area contributed by atoms with Crippen LogP contribution >= 0.6 is 0 Å². The first-order valence-corrected chi connectivity index (χ1v) is 5.95.